The standard InChI is InChI=1S/C16H19F3N2O4S/c1-11-9-21(10-15(25-11)6-3-7-15)26(23,24)13-5-2-4-12(8-13)20-14(22)16(17,18)19/h2,4-5,8,11H,3,6-7,9-10H2,1H3,(H,20,22). The number of ether oxygens (including phenoxy) is 1. The zero-order chi connectivity index (χ0) is 19.2. The summed E-state index contributed by atoms with van der Waals surface area (Å²) in [5.41, 5.74) is -0.694. The highest BCUT2D eigenvalue weighted by molar-refractivity contribution is 7.89. The number of amides is 1. The fraction of sp³-hybridized carbons (Fsp3) is 0.562. The Hall–Kier alpha value is -1.65. The third-order valence-electron chi connectivity index (χ3n) is 4.63. The topological polar surface area (TPSA) is 75.7 Å². The monoisotopic (exact) mass is 392 g/mol. The van der Waals surface area contributed by atoms with Crippen LogP contribution in [0.4, 0.5) is 18.9 Å². The molecule has 2 aliphatic rings. The predicted molar refractivity (Wildman–Crippen MR) is 87.0 cm³/mol. The van der Waals surface area contributed by atoms with Crippen molar-refractivity contribution in [3.63, 3.8) is 0 Å². The van der Waals surface area contributed by atoms with Crippen molar-refractivity contribution in [2.24, 2.45) is 0 Å². The molecule has 0 radical (unpaired) electrons. The van der Waals surface area contributed by atoms with Crippen molar-refractivity contribution < 1.29 is 31.1 Å². The van der Waals surface area contributed by atoms with Gasteiger partial charge in [0.2, 0.25) is 10.0 Å². The number of rotatable bonds is 3. The lowest BCUT2D eigenvalue weighted by molar-refractivity contribution is -0.169. The first-order valence-electron chi connectivity index (χ1n) is 8.18. The SMILES string of the molecule is CC1CN(S(=O)(=O)c2cccc(NC(=O)C(F)(F)F)c2)CC2(CCC2)O1. The van der Waals surface area contributed by atoms with Crippen LogP contribution < -0.4 is 5.32 Å². The van der Waals surface area contributed by atoms with E-state index in [0.717, 1.165) is 25.3 Å². The molecule has 144 valence electrons. The summed E-state index contributed by atoms with van der Waals surface area (Å²) >= 11 is 0. The first kappa shape index (κ1) is 19.1. The van der Waals surface area contributed by atoms with Gasteiger partial charge >= 0.3 is 12.1 Å². The molecule has 3 rings (SSSR count). The number of sulfonamides is 1. The second-order valence-electron chi connectivity index (χ2n) is 6.74. The van der Waals surface area contributed by atoms with Crippen LogP contribution in [0.2, 0.25) is 0 Å². The molecule has 1 aliphatic carbocycles. The number of carbonyl (C=O) groups is 1. The summed E-state index contributed by atoms with van der Waals surface area (Å²) in [4.78, 5) is 10.9. The molecule has 1 spiro atoms. The van der Waals surface area contributed by atoms with Gasteiger partial charge in [-0.15, -0.1) is 0 Å². The van der Waals surface area contributed by atoms with Gasteiger partial charge in [0.15, 0.2) is 0 Å². The molecule has 1 aromatic rings. The molecular formula is C16H19F3N2O4S. The van der Waals surface area contributed by atoms with Crippen molar-refractivity contribution in [3.05, 3.63) is 24.3 Å². The van der Waals surface area contributed by atoms with Gasteiger partial charge in [0.05, 0.1) is 16.6 Å². The van der Waals surface area contributed by atoms with E-state index in [4.69, 9.17) is 4.74 Å². The zero-order valence-electron chi connectivity index (χ0n) is 14.0. The molecule has 2 fully saturated rings. The summed E-state index contributed by atoms with van der Waals surface area (Å²) in [6.07, 6.45) is -2.78. The van der Waals surface area contributed by atoms with E-state index in [1.807, 2.05) is 0 Å². The minimum atomic E-state index is -5.05. The highest BCUT2D eigenvalue weighted by Crippen LogP contribution is 2.41. The van der Waals surface area contributed by atoms with Crippen LogP contribution in [0.5, 0.6) is 0 Å². The lowest BCUT2D eigenvalue weighted by Crippen LogP contribution is -2.59. The van der Waals surface area contributed by atoms with Crippen molar-refractivity contribution in [3.8, 4) is 0 Å². The second kappa shape index (κ2) is 6.50. The Labute approximate surface area is 149 Å². The quantitative estimate of drug-likeness (QED) is 0.858. The molecule has 0 aromatic heterocycles. The number of halogens is 3. The number of alkyl halides is 3. The predicted octanol–water partition coefficient (Wildman–Crippen LogP) is 2.52. The van der Waals surface area contributed by atoms with Gasteiger partial charge in [0.1, 0.15) is 0 Å². The third-order valence-corrected chi connectivity index (χ3v) is 6.44. The Kier molecular flexibility index (Phi) is 4.78. The van der Waals surface area contributed by atoms with Crippen LogP contribution in [0, 0.1) is 0 Å². The number of hydrogen-bond donors (Lipinski definition) is 1. The smallest absolute Gasteiger partial charge is 0.369 e. The summed E-state index contributed by atoms with van der Waals surface area (Å²) in [6.45, 7) is 2.18. The summed E-state index contributed by atoms with van der Waals surface area (Å²) in [6, 6.07) is 4.83. The molecular weight excluding hydrogens is 373 g/mol. The Morgan fingerprint density at radius 1 is 1.35 bits per heavy atom. The number of hydrogen-bond acceptors (Lipinski definition) is 4. The first-order chi connectivity index (χ1) is 12.0. The lowest BCUT2D eigenvalue weighted by Gasteiger charge is -2.50. The van der Waals surface area contributed by atoms with Gasteiger partial charge in [0.25, 0.3) is 0 Å². The van der Waals surface area contributed by atoms with Crippen LogP contribution in [0.25, 0.3) is 0 Å². The number of anilines is 1. The van der Waals surface area contributed by atoms with Gasteiger partial charge in [0, 0.05) is 18.8 Å². The minimum absolute atomic E-state index is 0.166. The molecule has 0 bridgehead atoms. The normalized spacial score (nSPS) is 23.5. The minimum Gasteiger partial charge on any atom is -0.369 e. The first-order valence-corrected chi connectivity index (χ1v) is 9.62. The van der Waals surface area contributed by atoms with Crippen LogP contribution in [0.15, 0.2) is 29.2 Å². The van der Waals surface area contributed by atoms with E-state index in [9.17, 15) is 26.4 Å². The molecule has 1 aliphatic heterocycles. The largest absolute Gasteiger partial charge is 0.471 e. The molecule has 1 atom stereocenters. The fourth-order valence-electron chi connectivity index (χ4n) is 3.29. The fourth-order valence-corrected chi connectivity index (χ4v) is 4.93. The van der Waals surface area contributed by atoms with Crippen LogP contribution >= 0.6 is 0 Å². The van der Waals surface area contributed by atoms with E-state index >= 15 is 0 Å². The van der Waals surface area contributed by atoms with Crippen LogP contribution in [-0.4, -0.2) is 49.6 Å². The average Bonchev–Trinajstić information content (AvgIpc) is 2.52. The Morgan fingerprint density at radius 3 is 2.62 bits per heavy atom. The summed E-state index contributed by atoms with van der Waals surface area (Å²) < 4.78 is 70.2. The maximum Gasteiger partial charge on any atom is 0.471 e. The molecule has 1 saturated heterocycles. The van der Waals surface area contributed by atoms with Crippen molar-refractivity contribution in [1.82, 2.24) is 4.31 Å². The van der Waals surface area contributed by atoms with Gasteiger partial charge in [-0.1, -0.05) is 6.07 Å². The highest BCUT2D eigenvalue weighted by atomic mass is 32.2. The van der Waals surface area contributed by atoms with Gasteiger partial charge in [-0.3, -0.25) is 4.79 Å². The Morgan fingerprint density at radius 2 is 2.04 bits per heavy atom. The number of nitrogens with one attached hydrogen (secondary N) is 1. The summed E-state index contributed by atoms with van der Waals surface area (Å²) in [5.74, 6) is -2.15. The van der Waals surface area contributed by atoms with Crippen molar-refractivity contribution in [1.29, 1.82) is 0 Å². The van der Waals surface area contributed by atoms with E-state index in [1.54, 1.807) is 12.2 Å². The van der Waals surface area contributed by atoms with Crippen LogP contribution in [0.3, 0.4) is 0 Å². The van der Waals surface area contributed by atoms with Gasteiger partial charge in [-0.2, -0.15) is 17.5 Å². The number of benzene rings is 1. The van der Waals surface area contributed by atoms with E-state index < -0.39 is 27.7 Å². The van der Waals surface area contributed by atoms with Crippen molar-refractivity contribution in [2.75, 3.05) is 18.4 Å². The third kappa shape index (κ3) is 3.72. The molecule has 10 heteroatoms. The Bertz CT molecular complexity index is 806. The van der Waals surface area contributed by atoms with E-state index in [-0.39, 0.29) is 29.8 Å². The maximum atomic E-state index is 12.9. The van der Waals surface area contributed by atoms with E-state index in [1.165, 1.54) is 22.5 Å². The number of carbonyl (C=O) groups excluding carboxylic acids is 1. The second-order valence-corrected chi connectivity index (χ2v) is 8.68. The maximum absolute atomic E-state index is 12.9. The molecule has 1 heterocycles. The zero-order valence-corrected chi connectivity index (χ0v) is 14.9. The highest BCUT2D eigenvalue weighted by Gasteiger charge is 2.47. The molecule has 6 nitrogen and oxygen atoms in total. The lowest BCUT2D eigenvalue weighted by atomic mass is 9.79. The summed E-state index contributed by atoms with van der Waals surface area (Å²) in [5, 5.41) is 1.67. The molecule has 1 amide bonds. The Balaban J connectivity index is 1.83. The van der Waals surface area contributed by atoms with Crippen molar-refractivity contribution in [2.45, 2.75) is 49.0 Å². The van der Waals surface area contributed by atoms with Crippen LogP contribution in [0.1, 0.15) is 26.2 Å². The van der Waals surface area contributed by atoms with E-state index in [0.29, 0.717) is 0 Å². The van der Waals surface area contributed by atoms with Crippen LogP contribution in [-0.2, 0) is 19.6 Å². The molecule has 1 unspecified atom stereocenters. The van der Waals surface area contributed by atoms with Gasteiger partial charge < -0.3 is 10.1 Å². The van der Waals surface area contributed by atoms with Gasteiger partial charge in [-0.05, 0) is 44.4 Å². The van der Waals surface area contributed by atoms with Crippen molar-refractivity contribution >= 4 is 21.6 Å². The molecule has 1 aromatic carbocycles. The molecule has 1 N–H and O–H groups in total. The number of morpholine rings is 1. The van der Waals surface area contributed by atoms with Gasteiger partial charge in [-0.25, -0.2) is 8.42 Å². The summed E-state index contributed by atoms with van der Waals surface area (Å²) in [7, 11) is -3.92. The number of nitrogens with zero attached hydrogens (tertiary/aromatic N) is 1. The molecule has 26 heavy (non-hydrogen) atoms. The van der Waals surface area contributed by atoms with E-state index in [2.05, 4.69) is 0 Å². The molecule has 1 saturated carbocycles. The average molecular weight is 392 g/mol.